The largest absolute Gasteiger partial charge is 0.479 e. The molecule has 1 amide bonds. The second-order valence-electron chi connectivity index (χ2n) is 7.85. The molecule has 2 heterocycles. The number of amides is 1. The van der Waals surface area contributed by atoms with Crippen molar-refractivity contribution in [3.63, 3.8) is 0 Å². The molecule has 1 fully saturated rings. The van der Waals surface area contributed by atoms with Gasteiger partial charge in [-0.05, 0) is 11.1 Å². The number of rotatable bonds is 7. The molecular formula is C24H22N2O7S. The number of thioether (sulfide) groups is 1. The minimum absolute atomic E-state index is 0.139. The zero-order chi connectivity index (χ0) is 24.5. The highest BCUT2D eigenvalue weighted by molar-refractivity contribution is 8.00. The third-order valence-corrected chi connectivity index (χ3v) is 7.03. The number of carboxylic acid groups (broad SMARTS) is 1. The zero-order valence-electron chi connectivity index (χ0n) is 18.2. The lowest BCUT2D eigenvalue weighted by molar-refractivity contribution is -0.168. The Kier molecular flexibility index (Phi) is 6.45. The van der Waals surface area contributed by atoms with E-state index in [0.29, 0.717) is 16.7 Å². The minimum atomic E-state index is -2.15. The molecule has 2 aromatic carbocycles. The first kappa shape index (κ1) is 23.5. The van der Waals surface area contributed by atoms with E-state index in [1.165, 1.54) is 6.92 Å². The van der Waals surface area contributed by atoms with Crippen LogP contribution in [-0.2, 0) is 28.7 Å². The highest BCUT2D eigenvalue weighted by atomic mass is 32.2. The number of nitrogens with two attached hydrogens (primary N) is 1. The topological polar surface area (TPSA) is 136 Å². The van der Waals surface area contributed by atoms with Gasteiger partial charge >= 0.3 is 17.9 Å². The molecule has 2 aliphatic heterocycles. The monoisotopic (exact) mass is 482 g/mol. The van der Waals surface area contributed by atoms with E-state index < -0.39 is 40.8 Å². The summed E-state index contributed by atoms with van der Waals surface area (Å²) in [7, 11) is 0. The van der Waals surface area contributed by atoms with E-state index in [1.807, 2.05) is 60.7 Å². The van der Waals surface area contributed by atoms with Crippen LogP contribution in [0.25, 0.3) is 0 Å². The quantitative estimate of drug-likeness (QED) is 0.344. The number of fused-ring (bicyclic) bond motifs is 1. The first-order valence-corrected chi connectivity index (χ1v) is 11.4. The van der Waals surface area contributed by atoms with Crippen LogP contribution in [-0.4, -0.2) is 57.1 Å². The molecule has 1 saturated heterocycles. The lowest BCUT2D eigenvalue weighted by atomic mass is 9.87. The van der Waals surface area contributed by atoms with Gasteiger partial charge in [-0.15, -0.1) is 11.8 Å². The molecule has 9 nitrogen and oxygen atoms in total. The van der Waals surface area contributed by atoms with Gasteiger partial charge in [0.25, 0.3) is 5.91 Å². The van der Waals surface area contributed by atoms with Gasteiger partial charge in [-0.2, -0.15) is 0 Å². The predicted molar refractivity (Wildman–Crippen MR) is 122 cm³/mol. The standard InChI is InChI=1S/C24H22N2O7S/c1-14(27)32-12-17-13-34-22-24(25,23(30)31)21(29)26(22)18(17)20(28)33-19(15-8-4-2-5-9-15)16-10-6-3-7-11-16/h2-11,19,22H,12-13,25H2,1H3,(H,30,31)/t22-,24+/m1/s1. The molecule has 0 saturated carbocycles. The van der Waals surface area contributed by atoms with Crippen molar-refractivity contribution in [2.24, 2.45) is 5.73 Å². The highest BCUT2D eigenvalue weighted by Gasteiger charge is 2.67. The van der Waals surface area contributed by atoms with Crippen LogP contribution in [0.1, 0.15) is 24.2 Å². The number of nitrogens with zero attached hydrogens (tertiary/aromatic N) is 1. The summed E-state index contributed by atoms with van der Waals surface area (Å²) in [6.07, 6.45) is -0.788. The molecule has 0 unspecified atom stereocenters. The lowest BCUT2D eigenvalue weighted by Crippen LogP contribution is -2.81. The van der Waals surface area contributed by atoms with Crippen LogP contribution >= 0.6 is 11.8 Å². The molecule has 0 spiro atoms. The van der Waals surface area contributed by atoms with Crippen LogP contribution in [0.3, 0.4) is 0 Å². The molecule has 0 radical (unpaired) electrons. The highest BCUT2D eigenvalue weighted by Crippen LogP contribution is 2.46. The molecule has 3 N–H and O–H groups in total. The van der Waals surface area contributed by atoms with Gasteiger partial charge in [0.2, 0.25) is 5.54 Å². The summed E-state index contributed by atoms with van der Waals surface area (Å²) in [4.78, 5) is 50.5. The number of β-lactam (4-membered cyclic amide) rings is 1. The third-order valence-electron chi connectivity index (χ3n) is 5.61. The van der Waals surface area contributed by atoms with E-state index in [4.69, 9.17) is 15.2 Å². The fourth-order valence-corrected chi connectivity index (χ4v) is 5.27. The van der Waals surface area contributed by atoms with E-state index in [1.54, 1.807) is 0 Å². The molecule has 4 rings (SSSR count). The SMILES string of the molecule is CC(=O)OCC1=C(C(=O)OC(c2ccccc2)c2ccccc2)N2C(=O)[C@@](N)(C(=O)O)[C@H]2SC1. The number of carboxylic acids is 1. The van der Waals surface area contributed by atoms with Gasteiger partial charge in [0.15, 0.2) is 6.10 Å². The van der Waals surface area contributed by atoms with Crippen LogP contribution in [0.4, 0.5) is 0 Å². The molecular weight excluding hydrogens is 460 g/mol. The number of carbonyl (C=O) groups is 4. The van der Waals surface area contributed by atoms with Crippen LogP contribution in [0, 0.1) is 0 Å². The fourth-order valence-electron chi connectivity index (χ4n) is 3.88. The van der Waals surface area contributed by atoms with E-state index in [2.05, 4.69) is 0 Å². The first-order valence-electron chi connectivity index (χ1n) is 10.4. The smallest absolute Gasteiger partial charge is 0.356 e. The molecule has 10 heteroatoms. The summed E-state index contributed by atoms with van der Waals surface area (Å²) in [5.41, 5.74) is 5.34. The van der Waals surface area contributed by atoms with Gasteiger partial charge in [-0.1, -0.05) is 60.7 Å². The molecule has 0 bridgehead atoms. The van der Waals surface area contributed by atoms with Gasteiger partial charge in [-0.25, -0.2) is 9.59 Å². The Hall–Kier alpha value is -3.63. The Morgan fingerprint density at radius 2 is 1.68 bits per heavy atom. The zero-order valence-corrected chi connectivity index (χ0v) is 19.0. The number of hydrogen-bond donors (Lipinski definition) is 2. The molecule has 0 aliphatic carbocycles. The summed E-state index contributed by atoms with van der Waals surface area (Å²) in [5, 5.41) is 8.53. The third kappa shape index (κ3) is 4.06. The predicted octanol–water partition coefficient (Wildman–Crippen LogP) is 1.83. The summed E-state index contributed by atoms with van der Waals surface area (Å²) in [6, 6.07) is 18.2. The molecule has 0 aromatic heterocycles. The van der Waals surface area contributed by atoms with E-state index in [0.717, 1.165) is 16.7 Å². The lowest BCUT2D eigenvalue weighted by Gasteiger charge is -2.53. The van der Waals surface area contributed by atoms with Gasteiger partial charge < -0.3 is 20.3 Å². The number of ether oxygens (including phenoxy) is 2. The number of carbonyl (C=O) groups excluding carboxylic acids is 3. The number of hydrogen-bond acceptors (Lipinski definition) is 8. The van der Waals surface area contributed by atoms with Crippen LogP contribution in [0.2, 0.25) is 0 Å². The summed E-state index contributed by atoms with van der Waals surface area (Å²) in [6.45, 7) is 0.984. The Bertz CT molecular complexity index is 1130. The van der Waals surface area contributed by atoms with Crippen LogP contribution in [0.15, 0.2) is 71.9 Å². The van der Waals surface area contributed by atoms with Gasteiger partial charge in [-0.3, -0.25) is 14.5 Å². The molecule has 2 aliphatic rings. The molecule has 34 heavy (non-hydrogen) atoms. The van der Waals surface area contributed by atoms with Crippen molar-refractivity contribution in [1.82, 2.24) is 4.90 Å². The molecule has 176 valence electrons. The normalized spacial score (nSPS) is 21.6. The van der Waals surface area contributed by atoms with Gasteiger partial charge in [0.1, 0.15) is 17.7 Å². The van der Waals surface area contributed by atoms with E-state index in [-0.39, 0.29) is 18.1 Å². The van der Waals surface area contributed by atoms with E-state index >= 15 is 0 Å². The van der Waals surface area contributed by atoms with Crippen molar-refractivity contribution in [3.05, 3.63) is 83.1 Å². The molecule has 2 atom stereocenters. The van der Waals surface area contributed by atoms with Gasteiger partial charge in [0, 0.05) is 18.2 Å². The second-order valence-corrected chi connectivity index (χ2v) is 8.92. The van der Waals surface area contributed by atoms with Crippen LogP contribution in [0.5, 0.6) is 0 Å². The van der Waals surface area contributed by atoms with Gasteiger partial charge in [0.05, 0.1) is 0 Å². The Morgan fingerprint density at radius 1 is 1.12 bits per heavy atom. The average Bonchev–Trinajstić information content (AvgIpc) is 2.85. The Balaban J connectivity index is 1.71. The van der Waals surface area contributed by atoms with Crippen molar-refractivity contribution < 1.29 is 33.8 Å². The maximum absolute atomic E-state index is 13.5. The van der Waals surface area contributed by atoms with Crippen molar-refractivity contribution in [1.29, 1.82) is 0 Å². The summed E-state index contributed by atoms with van der Waals surface area (Å²) in [5.74, 6) is -3.67. The first-order chi connectivity index (χ1) is 16.2. The van der Waals surface area contributed by atoms with Crippen molar-refractivity contribution >= 4 is 35.6 Å². The summed E-state index contributed by atoms with van der Waals surface area (Å²) >= 11 is 1.09. The Morgan fingerprint density at radius 3 is 2.18 bits per heavy atom. The summed E-state index contributed by atoms with van der Waals surface area (Å²) < 4.78 is 11.0. The second kappa shape index (κ2) is 9.32. The molecule has 2 aromatic rings. The Labute approximate surface area is 199 Å². The maximum Gasteiger partial charge on any atom is 0.356 e. The van der Waals surface area contributed by atoms with Crippen molar-refractivity contribution in [2.75, 3.05) is 12.4 Å². The van der Waals surface area contributed by atoms with Crippen molar-refractivity contribution in [3.8, 4) is 0 Å². The minimum Gasteiger partial charge on any atom is -0.479 e. The van der Waals surface area contributed by atoms with Crippen molar-refractivity contribution in [2.45, 2.75) is 23.9 Å². The number of benzene rings is 2. The fraction of sp³-hybridized carbons (Fsp3) is 0.250. The average molecular weight is 483 g/mol. The number of aliphatic carboxylic acids is 1. The van der Waals surface area contributed by atoms with Crippen LogP contribution < -0.4 is 5.73 Å². The van der Waals surface area contributed by atoms with E-state index in [9.17, 15) is 24.3 Å². The number of esters is 2. The maximum atomic E-state index is 13.5.